The summed E-state index contributed by atoms with van der Waals surface area (Å²) >= 11 is 0. The molecule has 1 N–H and O–H groups in total. The molecule has 1 fully saturated rings. The number of benzene rings is 2. The number of nitrogens with one attached hydrogen (secondary N) is 1. The maximum Gasteiger partial charge on any atom is 0.241 e. The van der Waals surface area contributed by atoms with Gasteiger partial charge in [0.1, 0.15) is 0 Å². The van der Waals surface area contributed by atoms with Crippen molar-refractivity contribution in [3.63, 3.8) is 0 Å². The molecule has 126 valence electrons. The van der Waals surface area contributed by atoms with Crippen LogP contribution >= 0.6 is 0 Å². The molecular weight excluding hydrogens is 298 g/mol. The lowest BCUT2D eigenvalue weighted by atomic mass is 10.2. The standard InChI is InChI=1S/C20H25N3O/c1-16-5-3-7-18(13-16)21-15-20(24)23-11-9-22(10-12-23)19-8-4-6-17(2)14-19/h3-8,13-14,21H,9-12,15H2,1-2H3. The summed E-state index contributed by atoms with van der Waals surface area (Å²) in [6.07, 6.45) is 0. The van der Waals surface area contributed by atoms with Crippen molar-refractivity contribution in [3.05, 3.63) is 59.7 Å². The highest BCUT2D eigenvalue weighted by Crippen LogP contribution is 2.18. The number of nitrogens with zero attached hydrogens (tertiary/aromatic N) is 2. The number of anilines is 2. The topological polar surface area (TPSA) is 35.6 Å². The molecule has 4 nitrogen and oxygen atoms in total. The largest absolute Gasteiger partial charge is 0.376 e. The third kappa shape index (κ3) is 4.07. The molecule has 0 saturated carbocycles. The van der Waals surface area contributed by atoms with E-state index >= 15 is 0 Å². The van der Waals surface area contributed by atoms with Crippen molar-refractivity contribution in [2.24, 2.45) is 0 Å². The van der Waals surface area contributed by atoms with E-state index in [9.17, 15) is 4.79 Å². The van der Waals surface area contributed by atoms with Crippen LogP contribution in [0.2, 0.25) is 0 Å². The van der Waals surface area contributed by atoms with E-state index < -0.39 is 0 Å². The number of hydrogen-bond acceptors (Lipinski definition) is 3. The third-order valence-electron chi connectivity index (χ3n) is 4.46. The number of carbonyl (C=O) groups is 1. The molecule has 4 heteroatoms. The van der Waals surface area contributed by atoms with Crippen LogP contribution in [0.3, 0.4) is 0 Å². The molecule has 1 aliphatic rings. The summed E-state index contributed by atoms with van der Waals surface area (Å²) in [6.45, 7) is 7.86. The number of aryl methyl sites for hydroxylation is 2. The molecule has 1 heterocycles. The van der Waals surface area contributed by atoms with Crippen LogP contribution in [-0.2, 0) is 4.79 Å². The highest BCUT2D eigenvalue weighted by molar-refractivity contribution is 5.81. The summed E-state index contributed by atoms with van der Waals surface area (Å²) in [5.74, 6) is 0.167. The van der Waals surface area contributed by atoms with Gasteiger partial charge in [-0.2, -0.15) is 0 Å². The Bertz CT molecular complexity index is 706. The zero-order valence-corrected chi connectivity index (χ0v) is 14.5. The average molecular weight is 323 g/mol. The third-order valence-corrected chi connectivity index (χ3v) is 4.46. The Balaban J connectivity index is 1.50. The molecule has 0 aromatic heterocycles. The van der Waals surface area contributed by atoms with Gasteiger partial charge in [0.2, 0.25) is 5.91 Å². The van der Waals surface area contributed by atoms with Crippen molar-refractivity contribution >= 4 is 17.3 Å². The second-order valence-electron chi connectivity index (χ2n) is 6.43. The van der Waals surface area contributed by atoms with E-state index in [0.29, 0.717) is 6.54 Å². The van der Waals surface area contributed by atoms with Crippen LogP contribution in [0, 0.1) is 13.8 Å². The van der Waals surface area contributed by atoms with E-state index in [-0.39, 0.29) is 5.91 Å². The van der Waals surface area contributed by atoms with Gasteiger partial charge in [-0.3, -0.25) is 4.79 Å². The summed E-state index contributed by atoms with van der Waals surface area (Å²) in [5, 5.41) is 3.23. The Labute approximate surface area is 144 Å². The maximum atomic E-state index is 12.4. The molecule has 0 unspecified atom stereocenters. The SMILES string of the molecule is Cc1cccc(NCC(=O)N2CCN(c3cccc(C)c3)CC2)c1. The van der Waals surface area contributed by atoms with Crippen molar-refractivity contribution in [2.75, 3.05) is 42.9 Å². The predicted octanol–water partition coefficient (Wildman–Crippen LogP) is 3.06. The second kappa shape index (κ2) is 7.39. The molecule has 0 atom stereocenters. The molecule has 1 amide bonds. The predicted molar refractivity (Wildman–Crippen MR) is 99.6 cm³/mol. The van der Waals surface area contributed by atoms with Crippen molar-refractivity contribution in [2.45, 2.75) is 13.8 Å². The van der Waals surface area contributed by atoms with Gasteiger partial charge in [0.05, 0.1) is 6.54 Å². The van der Waals surface area contributed by atoms with Gasteiger partial charge < -0.3 is 15.1 Å². The first-order valence-corrected chi connectivity index (χ1v) is 8.52. The van der Waals surface area contributed by atoms with E-state index in [1.807, 2.05) is 17.0 Å². The lowest BCUT2D eigenvalue weighted by Gasteiger charge is -2.36. The first-order chi connectivity index (χ1) is 11.6. The Morgan fingerprint density at radius 1 is 0.958 bits per heavy atom. The molecule has 1 saturated heterocycles. The molecule has 0 spiro atoms. The Morgan fingerprint density at radius 2 is 1.62 bits per heavy atom. The highest BCUT2D eigenvalue weighted by atomic mass is 16.2. The highest BCUT2D eigenvalue weighted by Gasteiger charge is 2.21. The van der Waals surface area contributed by atoms with Gasteiger partial charge in [0.15, 0.2) is 0 Å². The van der Waals surface area contributed by atoms with Crippen LogP contribution in [0.15, 0.2) is 48.5 Å². The number of carbonyl (C=O) groups excluding carboxylic acids is 1. The van der Waals surface area contributed by atoms with Gasteiger partial charge in [-0.25, -0.2) is 0 Å². The Hall–Kier alpha value is -2.49. The molecule has 2 aromatic carbocycles. The van der Waals surface area contributed by atoms with E-state index in [2.05, 4.69) is 60.5 Å². The van der Waals surface area contributed by atoms with Crippen LogP contribution < -0.4 is 10.2 Å². The minimum absolute atomic E-state index is 0.167. The van der Waals surface area contributed by atoms with Gasteiger partial charge in [-0.15, -0.1) is 0 Å². The Morgan fingerprint density at radius 3 is 2.29 bits per heavy atom. The van der Waals surface area contributed by atoms with Gasteiger partial charge in [0.25, 0.3) is 0 Å². The van der Waals surface area contributed by atoms with Gasteiger partial charge >= 0.3 is 0 Å². The normalized spacial score (nSPS) is 14.6. The number of amides is 1. The summed E-state index contributed by atoms with van der Waals surface area (Å²) < 4.78 is 0. The van der Waals surface area contributed by atoms with Crippen LogP contribution in [-0.4, -0.2) is 43.5 Å². The molecular formula is C20H25N3O. The first-order valence-electron chi connectivity index (χ1n) is 8.52. The summed E-state index contributed by atoms with van der Waals surface area (Å²) in [4.78, 5) is 16.7. The smallest absolute Gasteiger partial charge is 0.241 e. The summed E-state index contributed by atoms with van der Waals surface area (Å²) in [6, 6.07) is 16.7. The fourth-order valence-corrected chi connectivity index (χ4v) is 3.08. The minimum atomic E-state index is 0.167. The van der Waals surface area contributed by atoms with Crippen LogP contribution in [0.4, 0.5) is 11.4 Å². The fourth-order valence-electron chi connectivity index (χ4n) is 3.08. The van der Waals surface area contributed by atoms with Gasteiger partial charge in [-0.05, 0) is 49.2 Å². The second-order valence-corrected chi connectivity index (χ2v) is 6.43. The molecule has 24 heavy (non-hydrogen) atoms. The molecule has 2 aromatic rings. The van der Waals surface area contributed by atoms with Crippen molar-refractivity contribution in [3.8, 4) is 0 Å². The van der Waals surface area contributed by atoms with Crippen molar-refractivity contribution in [1.29, 1.82) is 0 Å². The van der Waals surface area contributed by atoms with E-state index in [1.54, 1.807) is 0 Å². The summed E-state index contributed by atoms with van der Waals surface area (Å²) in [7, 11) is 0. The molecule has 0 bridgehead atoms. The van der Waals surface area contributed by atoms with E-state index in [0.717, 1.165) is 31.9 Å². The Kier molecular flexibility index (Phi) is 5.04. The lowest BCUT2D eigenvalue weighted by molar-refractivity contribution is -0.129. The first kappa shape index (κ1) is 16.4. The van der Waals surface area contributed by atoms with Crippen molar-refractivity contribution in [1.82, 2.24) is 4.90 Å². The monoisotopic (exact) mass is 323 g/mol. The van der Waals surface area contributed by atoms with E-state index in [4.69, 9.17) is 0 Å². The average Bonchev–Trinajstić information content (AvgIpc) is 2.60. The van der Waals surface area contributed by atoms with Gasteiger partial charge in [-0.1, -0.05) is 24.3 Å². The molecule has 0 radical (unpaired) electrons. The summed E-state index contributed by atoms with van der Waals surface area (Å²) in [5.41, 5.74) is 4.72. The minimum Gasteiger partial charge on any atom is -0.376 e. The molecule has 0 aliphatic carbocycles. The fraction of sp³-hybridized carbons (Fsp3) is 0.350. The number of piperazine rings is 1. The van der Waals surface area contributed by atoms with E-state index in [1.165, 1.54) is 16.8 Å². The van der Waals surface area contributed by atoms with Crippen molar-refractivity contribution < 1.29 is 4.79 Å². The van der Waals surface area contributed by atoms with Crippen LogP contribution in [0.5, 0.6) is 0 Å². The molecule has 3 rings (SSSR count). The number of hydrogen-bond donors (Lipinski definition) is 1. The quantitative estimate of drug-likeness (QED) is 0.939. The van der Waals surface area contributed by atoms with Crippen LogP contribution in [0.25, 0.3) is 0 Å². The maximum absolute atomic E-state index is 12.4. The molecule has 1 aliphatic heterocycles. The lowest BCUT2D eigenvalue weighted by Crippen LogP contribution is -2.50. The zero-order chi connectivity index (χ0) is 16.9. The zero-order valence-electron chi connectivity index (χ0n) is 14.5. The van der Waals surface area contributed by atoms with Crippen LogP contribution in [0.1, 0.15) is 11.1 Å². The van der Waals surface area contributed by atoms with Gasteiger partial charge in [0, 0.05) is 37.6 Å². The number of rotatable bonds is 4.